The van der Waals surface area contributed by atoms with Crippen molar-refractivity contribution in [1.29, 1.82) is 0 Å². The average Bonchev–Trinajstić information content (AvgIpc) is 2.99. The molecule has 0 atom stereocenters. The van der Waals surface area contributed by atoms with Crippen LogP contribution in [0.15, 0.2) is 24.3 Å². The zero-order valence-electron chi connectivity index (χ0n) is 16.5. The maximum atomic E-state index is 12.3. The molecule has 0 aliphatic rings. The number of benzene rings is 1. The van der Waals surface area contributed by atoms with E-state index in [2.05, 4.69) is 15.6 Å². The third-order valence-corrected chi connectivity index (χ3v) is 4.28. The highest BCUT2D eigenvalue weighted by Gasteiger charge is 2.13. The molecule has 2 N–H and O–H groups in total. The summed E-state index contributed by atoms with van der Waals surface area (Å²) in [6, 6.07) is 7.82. The fraction of sp³-hybridized carbons (Fsp3) is 0.550. The summed E-state index contributed by atoms with van der Waals surface area (Å²) in [6.07, 6.45) is 2.26. The molecular weight excluding hydrogens is 344 g/mol. The van der Waals surface area contributed by atoms with Crippen molar-refractivity contribution in [3.8, 4) is 0 Å². The standard InChI is InChI=1S/C20H30N4O3/c1-15(2)20(26)22-11-6-10-18-23-16-8-4-5-9-17(16)24(18)14-19(25)21-12-7-13-27-3/h4-5,8-9,15H,6-7,10-14H2,1-3H3,(H,21,25)(H,22,26). The predicted molar refractivity (Wildman–Crippen MR) is 105 cm³/mol. The molecule has 0 fully saturated rings. The van der Waals surface area contributed by atoms with Crippen molar-refractivity contribution in [3.05, 3.63) is 30.1 Å². The largest absolute Gasteiger partial charge is 0.385 e. The number of ether oxygens (including phenoxy) is 1. The Morgan fingerprint density at radius 2 is 1.89 bits per heavy atom. The van der Waals surface area contributed by atoms with Crippen LogP contribution in [0.3, 0.4) is 0 Å². The number of hydrogen-bond donors (Lipinski definition) is 2. The summed E-state index contributed by atoms with van der Waals surface area (Å²) < 4.78 is 6.96. The van der Waals surface area contributed by atoms with Gasteiger partial charge in [-0.25, -0.2) is 4.98 Å². The lowest BCUT2D eigenvalue weighted by atomic mass is 10.2. The van der Waals surface area contributed by atoms with E-state index in [9.17, 15) is 9.59 Å². The van der Waals surface area contributed by atoms with Gasteiger partial charge in [-0.1, -0.05) is 26.0 Å². The number of fused-ring (bicyclic) bond motifs is 1. The lowest BCUT2D eigenvalue weighted by Crippen LogP contribution is -2.30. The van der Waals surface area contributed by atoms with Crippen LogP contribution in [0.25, 0.3) is 11.0 Å². The number of aromatic nitrogens is 2. The van der Waals surface area contributed by atoms with E-state index >= 15 is 0 Å². The van der Waals surface area contributed by atoms with Gasteiger partial charge in [0.1, 0.15) is 12.4 Å². The molecular formula is C20H30N4O3. The van der Waals surface area contributed by atoms with E-state index in [1.165, 1.54) is 0 Å². The Morgan fingerprint density at radius 1 is 1.15 bits per heavy atom. The van der Waals surface area contributed by atoms with Gasteiger partial charge < -0.3 is 19.9 Å². The Hall–Kier alpha value is -2.41. The first kappa shape index (κ1) is 20.9. The van der Waals surface area contributed by atoms with E-state index in [4.69, 9.17) is 4.74 Å². The van der Waals surface area contributed by atoms with Crippen LogP contribution >= 0.6 is 0 Å². The minimum Gasteiger partial charge on any atom is -0.385 e. The van der Waals surface area contributed by atoms with Crippen molar-refractivity contribution in [2.75, 3.05) is 26.8 Å². The summed E-state index contributed by atoms with van der Waals surface area (Å²) in [5.74, 6) is 0.862. The Balaban J connectivity index is 1.99. The van der Waals surface area contributed by atoms with E-state index in [1.54, 1.807) is 7.11 Å². The first-order chi connectivity index (χ1) is 13.0. The quantitative estimate of drug-likeness (QED) is 0.588. The van der Waals surface area contributed by atoms with Crippen LogP contribution in [0.2, 0.25) is 0 Å². The van der Waals surface area contributed by atoms with Gasteiger partial charge in [-0.15, -0.1) is 0 Å². The maximum absolute atomic E-state index is 12.3. The summed E-state index contributed by atoms with van der Waals surface area (Å²) in [7, 11) is 1.65. The number of rotatable bonds is 11. The number of imidazole rings is 1. The predicted octanol–water partition coefficient (Wildman–Crippen LogP) is 1.89. The van der Waals surface area contributed by atoms with Gasteiger partial charge >= 0.3 is 0 Å². The first-order valence-corrected chi connectivity index (χ1v) is 9.50. The molecule has 148 valence electrons. The molecule has 2 rings (SSSR count). The number of carbonyl (C=O) groups excluding carboxylic acids is 2. The normalized spacial score (nSPS) is 11.1. The number of carbonyl (C=O) groups is 2. The summed E-state index contributed by atoms with van der Waals surface area (Å²) >= 11 is 0. The van der Waals surface area contributed by atoms with Crippen LogP contribution in [0.1, 0.15) is 32.5 Å². The Morgan fingerprint density at radius 3 is 2.63 bits per heavy atom. The van der Waals surface area contributed by atoms with Gasteiger partial charge in [0.25, 0.3) is 0 Å². The molecule has 0 saturated heterocycles. The van der Waals surface area contributed by atoms with E-state index in [0.717, 1.165) is 29.7 Å². The van der Waals surface area contributed by atoms with Crippen LogP contribution in [0, 0.1) is 5.92 Å². The van der Waals surface area contributed by atoms with E-state index < -0.39 is 0 Å². The third kappa shape index (κ3) is 6.36. The van der Waals surface area contributed by atoms with Gasteiger partial charge in [-0.3, -0.25) is 9.59 Å². The second-order valence-corrected chi connectivity index (χ2v) is 6.85. The van der Waals surface area contributed by atoms with Crippen LogP contribution in [-0.4, -0.2) is 48.2 Å². The molecule has 0 radical (unpaired) electrons. The molecule has 0 aliphatic carbocycles. The number of nitrogens with one attached hydrogen (secondary N) is 2. The summed E-state index contributed by atoms with van der Waals surface area (Å²) in [5.41, 5.74) is 1.83. The van der Waals surface area contributed by atoms with Crippen LogP contribution in [0.5, 0.6) is 0 Å². The number of amides is 2. The maximum Gasteiger partial charge on any atom is 0.240 e. The first-order valence-electron chi connectivity index (χ1n) is 9.50. The Kier molecular flexibility index (Phi) is 8.26. The molecule has 7 nitrogen and oxygen atoms in total. The number of aryl methyl sites for hydroxylation is 1. The molecule has 1 heterocycles. The highest BCUT2D eigenvalue weighted by Crippen LogP contribution is 2.17. The molecule has 1 aromatic carbocycles. The molecule has 0 saturated carbocycles. The summed E-state index contributed by atoms with van der Waals surface area (Å²) in [6.45, 7) is 5.81. The average molecular weight is 374 g/mol. The van der Waals surface area contributed by atoms with E-state index in [0.29, 0.717) is 26.1 Å². The van der Waals surface area contributed by atoms with Crippen molar-refractivity contribution >= 4 is 22.8 Å². The number of hydrogen-bond acceptors (Lipinski definition) is 4. The molecule has 0 unspecified atom stereocenters. The van der Waals surface area contributed by atoms with Crippen molar-refractivity contribution in [2.24, 2.45) is 5.92 Å². The van der Waals surface area contributed by atoms with Gasteiger partial charge in [0, 0.05) is 39.1 Å². The lowest BCUT2D eigenvalue weighted by Gasteiger charge is -2.11. The fourth-order valence-electron chi connectivity index (χ4n) is 2.80. The molecule has 7 heteroatoms. The van der Waals surface area contributed by atoms with Crippen molar-refractivity contribution in [3.63, 3.8) is 0 Å². The van der Waals surface area contributed by atoms with Gasteiger partial charge in [-0.05, 0) is 25.0 Å². The number of nitrogens with zero attached hydrogens (tertiary/aromatic N) is 2. The number of para-hydroxylation sites is 2. The zero-order chi connectivity index (χ0) is 19.6. The van der Waals surface area contributed by atoms with Crippen LogP contribution < -0.4 is 10.6 Å². The van der Waals surface area contributed by atoms with E-state index in [-0.39, 0.29) is 24.3 Å². The number of methoxy groups -OCH3 is 1. The minimum absolute atomic E-state index is 0.0172. The van der Waals surface area contributed by atoms with Gasteiger partial charge in [0.05, 0.1) is 11.0 Å². The SMILES string of the molecule is COCCCNC(=O)Cn1c(CCCNC(=O)C(C)C)nc2ccccc21. The second kappa shape index (κ2) is 10.7. The molecule has 2 amide bonds. The lowest BCUT2D eigenvalue weighted by molar-refractivity contribution is -0.124. The van der Waals surface area contributed by atoms with Gasteiger partial charge in [0.15, 0.2) is 0 Å². The third-order valence-electron chi connectivity index (χ3n) is 4.28. The van der Waals surface area contributed by atoms with Crippen molar-refractivity contribution in [2.45, 2.75) is 39.7 Å². The molecule has 0 aliphatic heterocycles. The fourth-order valence-corrected chi connectivity index (χ4v) is 2.80. The molecule has 2 aromatic rings. The smallest absolute Gasteiger partial charge is 0.240 e. The van der Waals surface area contributed by atoms with E-state index in [1.807, 2.05) is 42.7 Å². The van der Waals surface area contributed by atoms with Crippen molar-refractivity contribution < 1.29 is 14.3 Å². The monoisotopic (exact) mass is 374 g/mol. The highest BCUT2D eigenvalue weighted by molar-refractivity contribution is 5.81. The van der Waals surface area contributed by atoms with Crippen LogP contribution in [0.4, 0.5) is 0 Å². The Bertz CT molecular complexity index is 755. The Labute approximate surface area is 160 Å². The zero-order valence-corrected chi connectivity index (χ0v) is 16.5. The molecule has 27 heavy (non-hydrogen) atoms. The molecule has 0 bridgehead atoms. The van der Waals surface area contributed by atoms with Gasteiger partial charge in [0.2, 0.25) is 11.8 Å². The molecule has 0 spiro atoms. The molecule has 1 aromatic heterocycles. The van der Waals surface area contributed by atoms with Crippen molar-refractivity contribution in [1.82, 2.24) is 20.2 Å². The summed E-state index contributed by atoms with van der Waals surface area (Å²) in [5, 5.41) is 5.84. The minimum atomic E-state index is -0.0383. The van der Waals surface area contributed by atoms with Crippen LogP contribution in [-0.2, 0) is 27.3 Å². The highest BCUT2D eigenvalue weighted by atomic mass is 16.5. The summed E-state index contributed by atoms with van der Waals surface area (Å²) in [4.78, 5) is 28.6. The van der Waals surface area contributed by atoms with Gasteiger partial charge in [-0.2, -0.15) is 0 Å². The topological polar surface area (TPSA) is 85.2 Å². The second-order valence-electron chi connectivity index (χ2n) is 6.85.